The van der Waals surface area contributed by atoms with Crippen LogP contribution in [0.5, 0.6) is 0 Å². The Labute approximate surface area is 132 Å². The van der Waals surface area contributed by atoms with E-state index in [-0.39, 0.29) is 11.9 Å². The Morgan fingerprint density at radius 3 is 2.81 bits per heavy atom. The summed E-state index contributed by atoms with van der Waals surface area (Å²) in [5.41, 5.74) is 6.67. The fourth-order valence-electron chi connectivity index (χ4n) is 2.66. The molecule has 1 aromatic rings. The monoisotopic (exact) mass is 306 g/mol. The number of anilines is 1. The average molecular weight is 306 g/mol. The third-order valence-corrected chi connectivity index (χ3v) is 5.23. The van der Waals surface area contributed by atoms with E-state index in [2.05, 4.69) is 11.4 Å². The van der Waals surface area contributed by atoms with E-state index in [1.165, 1.54) is 30.6 Å². The van der Waals surface area contributed by atoms with Crippen molar-refractivity contribution in [2.75, 3.05) is 5.32 Å². The number of hydrogen-bond acceptors (Lipinski definition) is 3. The quantitative estimate of drug-likeness (QED) is 0.794. The first kappa shape index (κ1) is 16.4. The lowest BCUT2D eigenvalue weighted by atomic mass is 10.1. The maximum atomic E-state index is 12.0. The Hall–Kier alpha value is -1.00. The van der Waals surface area contributed by atoms with Crippen LogP contribution in [0.2, 0.25) is 0 Å². The summed E-state index contributed by atoms with van der Waals surface area (Å²) in [6.07, 6.45) is 7.55. The zero-order valence-electron chi connectivity index (χ0n) is 12.8. The second-order valence-corrected chi connectivity index (χ2v) is 7.28. The number of amides is 1. The number of benzene rings is 1. The first-order valence-corrected chi connectivity index (χ1v) is 8.84. The second kappa shape index (κ2) is 8.44. The second-order valence-electron chi connectivity index (χ2n) is 5.94. The van der Waals surface area contributed by atoms with Crippen LogP contribution >= 0.6 is 11.8 Å². The van der Waals surface area contributed by atoms with Gasteiger partial charge in [0.1, 0.15) is 0 Å². The number of carbonyl (C=O) groups is 1. The number of nitrogens with one attached hydrogen (secondary N) is 1. The maximum absolute atomic E-state index is 12.0. The van der Waals surface area contributed by atoms with Gasteiger partial charge in [0.15, 0.2) is 0 Å². The van der Waals surface area contributed by atoms with Gasteiger partial charge < -0.3 is 11.1 Å². The standard InChI is InChI=1S/C17H26N2OS/c1-13(18)7-6-12-17(20)19-15-10-4-5-11-16(15)21-14-8-2-3-9-14/h4-5,10-11,13-14H,2-3,6-9,12,18H2,1H3,(H,19,20). The minimum absolute atomic E-state index is 0.0927. The molecule has 0 aromatic heterocycles. The Morgan fingerprint density at radius 2 is 2.10 bits per heavy atom. The molecular weight excluding hydrogens is 280 g/mol. The van der Waals surface area contributed by atoms with Crippen LogP contribution in [0, 0.1) is 0 Å². The molecule has 0 aliphatic heterocycles. The van der Waals surface area contributed by atoms with Gasteiger partial charge in [-0.25, -0.2) is 0 Å². The summed E-state index contributed by atoms with van der Waals surface area (Å²) in [7, 11) is 0. The molecule has 116 valence electrons. The summed E-state index contributed by atoms with van der Waals surface area (Å²) in [6, 6.07) is 8.31. The van der Waals surface area contributed by atoms with Gasteiger partial charge in [0.05, 0.1) is 5.69 Å². The minimum Gasteiger partial charge on any atom is -0.328 e. The smallest absolute Gasteiger partial charge is 0.224 e. The van der Waals surface area contributed by atoms with Gasteiger partial charge in [-0.3, -0.25) is 4.79 Å². The molecule has 3 nitrogen and oxygen atoms in total. The van der Waals surface area contributed by atoms with E-state index in [1.54, 1.807) is 0 Å². The fourth-order valence-corrected chi connectivity index (χ4v) is 3.99. The molecule has 2 rings (SSSR count). The first-order valence-electron chi connectivity index (χ1n) is 7.96. The highest BCUT2D eigenvalue weighted by atomic mass is 32.2. The van der Waals surface area contributed by atoms with Gasteiger partial charge in [0, 0.05) is 22.6 Å². The van der Waals surface area contributed by atoms with Gasteiger partial charge in [-0.15, -0.1) is 11.8 Å². The van der Waals surface area contributed by atoms with Crippen LogP contribution in [-0.4, -0.2) is 17.2 Å². The molecular formula is C17H26N2OS. The highest BCUT2D eigenvalue weighted by Crippen LogP contribution is 2.38. The van der Waals surface area contributed by atoms with Crippen molar-refractivity contribution in [2.45, 2.75) is 68.1 Å². The van der Waals surface area contributed by atoms with Crippen LogP contribution in [-0.2, 0) is 4.79 Å². The van der Waals surface area contributed by atoms with Gasteiger partial charge in [0.2, 0.25) is 5.91 Å². The fraction of sp³-hybridized carbons (Fsp3) is 0.588. The largest absolute Gasteiger partial charge is 0.328 e. The van der Waals surface area contributed by atoms with E-state index in [9.17, 15) is 4.79 Å². The van der Waals surface area contributed by atoms with E-state index in [0.29, 0.717) is 11.7 Å². The predicted octanol–water partition coefficient (Wildman–Crippen LogP) is 4.18. The Balaban J connectivity index is 1.88. The molecule has 1 aromatic carbocycles. The van der Waals surface area contributed by atoms with Crippen molar-refractivity contribution in [3.05, 3.63) is 24.3 Å². The highest BCUT2D eigenvalue weighted by Gasteiger charge is 2.18. The molecule has 1 aliphatic rings. The van der Waals surface area contributed by atoms with Crippen molar-refractivity contribution in [1.82, 2.24) is 0 Å². The van der Waals surface area contributed by atoms with Crippen LogP contribution in [0.25, 0.3) is 0 Å². The maximum Gasteiger partial charge on any atom is 0.224 e. The Bertz CT molecular complexity index is 456. The molecule has 1 fully saturated rings. The van der Waals surface area contributed by atoms with Gasteiger partial charge in [0.25, 0.3) is 0 Å². The molecule has 0 heterocycles. The predicted molar refractivity (Wildman–Crippen MR) is 90.7 cm³/mol. The number of carbonyl (C=O) groups excluding carboxylic acids is 1. The summed E-state index contributed by atoms with van der Waals surface area (Å²) in [5, 5.41) is 3.77. The zero-order valence-corrected chi connectivity index (χ0v) is 13.6. The van der Waals surface area contributed by atoms with Gasteiger partial charge in [-0.2, -0.15) is 0 Å². The molecule has 0 spiro atoms. The van der Waals surface area contributed by atoms with Crippen LogP contribution in [0.1, 0.15) is 51.9 Å². The van der Waals surface area contributed by atoms with E-state index < -0.39 is 0 Å². The lowest BCUT2D eigenvalue weighted by Crippen LogP contribution is -2.17. The third-order valence-electron chi connectivity index (χ3n) is 3.82. The number of nitrogens with two attached hydrogens (primary N) is 1. The van der Waals surface area contributed by atoms with Crippen molar-refractivity contribution in [1.29, 1.82) is 0 Å². The van der Waals surface area contributed by atoms with Crippen molar-refractivity contribution in [2.24, 2.45) is 5.73 Å². The Morgan fingerprint density at radius 1 is 1.38 bits per heavy atom. The molecule has 1 unspecified atom stereocenters. The highest BCUT2D eigenvalue weighted by molar-refractivity contribution is 8.00. The van der Waals surface area contributed by atoms with Crippen molar-refractivity contribution in [3.63, 3.8) is 0 Å². The normalized spacial score (nSPS) is 16.9. The number of hydrogen-bond donors (Lipinski definition) is 2. The summed E-state index contributed by atoms with van der Waals surface area (Å²) in [6.45, 7) is 1.98. The number of rotatable bonds is 7. The molecule has 0 radical (unpaired) electrons. The Kier molecular flexibility index (Phi) is 6.58. The third kappa shape index (κ3) is 5.71. The molecule has 1 amide bonds. The van der Waals surface area contributed by atoms with Crippen LogP contribution in [0.4, 0.5) is 5.69 Å². The van der Waals surface area contributed by atoms with Crippen LogP contribution < -0.4 is 11.1 Å². The molecule has 3 N–H and O–H groups in total. The van der Waals surface area contributed by atoms with Crippen molar-refractivity contribution in [3.8, 4) is 0 Å². The van der Waals surface area contributed by atoms with E-state index >= 15 is 0 Å². The van der Waals surface area contributed by atoms with Gasteiger partial charge in [-0.1, -0.05) is 25.0 Å². The average Bonchev–Trinajstić information content (AvgIpc) is 2.93. The van der Waals surface area contributed by atoms with E-state index in [4.69, 9.17) is 5.73 Å². The first-order chi connectivity index (χ1) is 10.1. The lowest BCUT2D eigenvalue weighted by molar-refractivity contribution is -0.116. The van der Waals surface area contributed by atoms with Crippen LogP contribution in [0.3, 0.4) is 0 Å². The number of thioether (sulfide) groups is 1. The van der Waals surface area contributed by atoms with Crippen molar-refractivity contribution < 1.29 is 4.79 Å². The molecule has 1 atom stereocenters. The summed E-state index contributed by atoms with van der Waals surface area (Å²) < 4.78 is 0. The summed E-state index contributed by atoms with van der Waals surface area (Å²) in [5.74, 6) is 0.0927. The molecule has 4 heteroatoms. The molecule has 21 heavy (non-hydrogen) atoms. The number of para-hydroxylation sites is 1. The molecule has 0 bridgehead atoms. The summed E-state index contributed by atoms with van der Waals surface area (Å²) >= 11 is 1.91. The SMILES string of the molecule is CC(N)CCCC(=O)Nc1ccccc1SC1CCCC1. The van der Waals surface area contributed by atoms with Gasteiger partial charge >= 0.3 is 0 Å². The topological polar surface area (TPSA) is 55.1 Å². The molecule has 0 saturated heterocycles. The minimum atomic E-state index is 0.0927. The van der Waals surface area contributed by atoms with Gasteiger partial charge in [-0.05, 0) is 44.7 Å². The van der Waals surface area contributed by atoms with E-state index in [1.807, 2.05) is 36.9 Å². The summed E-state index contributed by atoms with van der Waals surface area (Å²) in [4.78, 5) is 13.2. The molecule has 1 aliphatic carbocycles. The lowest BCUT2D eigenvalue weighted by Gasteiger charge is -2.14. The van der Waals surface area contributed by atoms with Crippen molar-refractivity contribution >= 4 is 23.4 Å². The zero-order chi connectivity index (χ0) is 15.1. The molecule has 1 saturated carbocycles. The van der Waals surface area contributed by atoms with Crippen LogP contribution in [0.15, 0.2) is 29.2 Å². The van der Waals surface area contributed by atoms with E-state index in [0.717, 1.165) is 18.5 Å².